The molecule has 1 saturated heterocycles. The smallest absolute Gasteiger partial charge is 0.308 e. The number of pyridine rings is 1. The molecule has 1 N–H and O–H groups in total. The number of hydrogen-bond acceptors (Lipinski definition) is 4. The first kappa shape index (κ1) is 17.7. The largest absolute Gasteiger partial charge is 0.481 e. The number of thiophene rings is 1. The minimum atomic E-state index is -0.835. The number of aromatic nitrogens is 1. The molecule has 1 fully saturated rings. The fourth-order valence-corrected chi connectivity index (χ4v) is 4.46. The maximum Gasteiger partial charge on any atom is 0.308 e. The lowest BCUT2D eigenvalue weighted by molar-refractivity contribution is -0.143. The number of nitrogens with zero attached hydrogens (tertiary/aromatic N) is 2. The Hall–Kier alpha value is -2.73. The van der Waals surface area contributed by atoms with Crippen LogP contribution in [0.5, 0.6) is 0 Å². The van der Waals surface area contributed by atoms with Crippen LogP contribution in [0, 0.1) is 11.8 Å². The van der Waals surface area contributed by atoms with Crippen LogP contribution >= 0.6 is 11.3 Å². The monoisotopic (exact) mass is 380 g/mol. The summed E-state index contributed by atoms with van der Waals surface area (Å²) < 4.78 is 0. The maximum absolute atomic E-state index is 13.4. The second kappa shape index (κ2) is 7.12. The van der Waals surface area contributed by atoms with Crippen molar-refractivity contribution >= 4 is 34.1 Å². The zero-order chi connectivity index (χ0) is 19.0. The second-order valence-corrected chi connectivity index (χ2v) is 8.08. The van der Waals surface area contributed by atoms with Crippen molar-refractivity contribution in [3.05, 3.63) is 53.4 Å². The van der Waals surface area contributed by atoms with E-state index < -0.39 is 11.9 Å². The number of carbonyl (C=O) groups is 2. The summed E-state index contributed by atoms with van der Waals surface area (Å²) in [7, 11) is 0. The van der Waals surface area contributed by atoms with Crippen LogP contribution in [0.25, 0.3) is 21.5 Å². The molecule has 2 aromatic heterocycles. The Kier molecular flexibility index (Phi) is 4.66. The summed E-state index contributed by atoms with van der Waals surface area (Å²) in [6, 6.07) is 13.4. The molecule has 4 rings (SSSR count). The first-order valence-corrected chi connectivity index (χ1v) is 9.86. The molecule has 2 unspecified atom stereocenters. The van der Waals surface area contributed by atoms with Gasteiger partial charge in [0.15, 0.2) is 0 Å². The average molecular weight is 380 g/mol. The SMILES string of the molecule is CC1CC(C(=O)O)CN(C(=O)c2cc(-c3cccs3)nc3ccccc23)C1. The van der Waals surface area contributed by atoms with E-state index in [1.54, 1.807) is 16.2 Å². The van der Waals surface area contributed by atoms with Gasteiger partial charge in [-0.2, -0.15) is 0 Å². The summed E-state index contributed by atoms with van der Waals surface area (Å²) in [5.41, 5.74) is 2.13. The molecule has 1 amide bonds. The van der Waals surface area contributed by atoms with Gasteiger partial charge in [-0.05, 0) is 35.9 Å². The molecule has 0 radical (unpaired) electrons. The summed E-state index contributed by atoms with van der Waals surface area (Å²) in [4.78, 5) is 32.2. The Bertz CT molecular complexity index is 1000. The highest BCUT2D eigenvalue weighted by atomic mass is 32.1. The van der Waals surface area contributed by atoms with Crippen molar-refractivity contribution in [2.75, 3.05) is 13.1 Å². The zero-order valence-electron chi connectivity index (χ0n) is 15.0. The van der Waals surface area contributed by atoms with E-state index in [1.165, 1.54) is 0 Å². The third kappa shape index (κ3) is 3.45. The molecule has 0 bridgehead atoms. The molecule has 5 nitrogen and oxygen atoms in total. The van der Waals surface area contributed by atoms with Crippen molar-refractivity contribution in [1.82, 2.24) is 9.88 Å². The zero-order valence-corrected chi connectivity index (χ0v) is 15.8. The van der Waals surface area contributed by atoms with E-state index >= 15 is 0 Å². The lowest BCUT2D eigenvalue weighted by Crippen LogP contribution is -2.45. The van der Waals surface area contributed by atoms with Gasteiger partial charge in [0, 0.05) is 18.5 Å². The number of carboxylic acid groups (broad SMARTS) is 1. The van der Waals surface area contributed by atoms with Crippen molar-refractivity contribution in [2.45, 2.75) is 13.3 Å². The summed E-state index contributed by atoms with van der Waals surface area (Å²) in [5, 5.41) is 12.2. The maximum atomic E-state index is 13.4. The molecule has 3 heterocycles. The predicted octanol–water partition coefficient (Wildman–Crippen LogP) is 4.15. The molecule has 27 heavy (non-hydrogen) atoms. The Morgan fingerprint density at radius 2 is 2.00 bits per heavy atom. The van der Waals surface area contributed by atoms with Crippen molar-refractivity contribution in [3.63, 3.8) is 0 Å². The molecular weight excluding hydrogens is 360 g/mol. The quantitative estimate of drug-likeness (QED) is 0.741. The highest BCUT2D eigenvalue weighted by Crippen LogP contribution is 2.30. The van der Waals surface area contributed by atoms with Gasteiger partial charge in [-0.3, -0.25) is 9.59 Å². The molecule has 1 aliphatic rings. The Morgan fingerprint density at radius 1 is 1.19 bits per heavy atom. The third-order valence-electron chi connectivity index (χ3n) is 5.02. The van der Waals surface area contributed by atoms with E-state index in [9.17, 15) is 14.7 Å². The number of fused-ring (bicyclic) bond motifs is 1. The summed E-state index contributed by atoms with van der Waals surface area (Å²) in [6.07, 6.45) is 0.608. The highest BCUT2D eigenvalue weighted by Gasteiger charge is 2.33. The van der Waals surface area contributed by atoms with Crippen molar-refractivity contribution in [1.29, 1.82) is 0 Å². The third-order valence-corrected chi connectivity index (χ3v) is 5.91. The van der Waals surface area contributed by atoms with Crippen LogP contribution in [0.15, 0.2) is 47.8 Å². The number of hydrogen-bond donors (Lipinski definition) is 1. The molecule has 2 atom stereocenters. The second-order valence-electron chi connectivity index (χ2n) is 7.14. The number of piperidine rings is 1. The molecule has 0 saturated carbocycles. The minimum Gasteiger partial charge on any atom is -0.481 e. The topological polar surface area (TPSA) is 70.5 Å². The van der Waals surface area contributed by atoms with Crippen LogP contribution in [0.2, 0.25) is 0 Å². The minimum absolute atomic E-state index is 0.121. The van der Waals surface area contributed by atoms with Gasteiger partial charge in [0.05, 0.1) is 27.6 Å². The first-order chi connectivity index (χ1) is 13.0. The van der Waals surface area contributed by atoms with Crippen LogP contribution in [0.3, 0.4) is 0 Å². The van der Waals surface area contributed by atoms with Gasteiger partial charge in [0.25, 0.3) is 5.91 Å². The normalized spacial score (nSPS) is 20.0. The van der Waals surface area contributed by atoms with Gasteiger partial charge < -0.3 is 10.0 Å². The van der Waals surface area contributed by atoms with E-state index in [-0.39, 0.29) is 18.4 Å². The average Bonchev–Trinajstić information content (AvgIpc) is 3.21. The molecule has 0 spiro atoms. The van der Waals surface area contributed by atoms with Gasteiger partial charge in [-0.1, -0.05) is 31.2 Å². The van der Waals surface area contributed by atoms with E-state index in [1.807, 2.05) is 54.8 Å². The van der Waals surface area contributed by atoms with E-state index in [4.69, 9.17) is 4.98 Å². The first-order valence-electron chi connectivity index (χ1n) is 8.98. The highest BCUT2D eigenvalue weighted by molar-refractivity contribution is 7.13. The van der Waals surface area contributed by atoms with Crippen LogP contribution < -0.4 is 0 Å². The molecule has 3 aromatic rings. The van der Waals surface area contributed by atoms with Crippen molar-refractivity contribution < 1.29 is 14.7 Å². The van der Waals surface area contributed by atoms with E-state index in [0.29, 0.717) is 18.5 Å². The number of carbonyl (C=O) groups excluding carboxylic acids is 1. The van der Waals surface area contributed by atoms with Gasteiger partial charge in [0.1, 0.15) is 0 Å². The number of aliphatic carboxylic acids is 1. The van der Waals surface area contributed by atoms with Crippen LogP contribution in [0.4, 0.5) is 0 Å². The Labute approximate surface area is 161 Å². The molecular formula is C21H20N2O3S. The Morgan fingerprint density at radius 3 is 2.74 bits per heavy atom. The number of amides is 1. The van der Waals surface area contributed by atoms with E-state index in [2.05, 4.69) is 0 Å². The lowest BCUT2D eigenvalue weighted by atomic mass is 9.90. The molecule has 0 aliphatic carbocycles. The molecule has 138 valence electrons. The Balaban J connectivity index is 1.78. The van der Waals surface area contributed by atoms with Crippen LogP contribution in [-0.4, -0.2) is 40.0 Å². The fraction of sp³-hybridized carbons (Fsp3) is 0.286. The molecule has 1 aromatic carbocycles. The standard InChI is InChI=1S/C21H20N2O3S/c1-13-9-14(21(25)26)12-23(11-13)20(24)16-10-18(19-7-4-8-27-19)22-17-6-3-2-5-15(16)17/h2-8,10,13-14H,9,11-12H2,1H3,(H,25,26). The van der Waals surface area contributed by atoms with E-state index in [0.717, 1.165) is 21.5 Å². The van der Waals surface area contributed by atoms with Gasteiger partial charge in [-0.25, -0.2) is 4.98 Å². The van der Waals surface area contributed by atoms with Gasteiger partial charge in [0.2, 0.25) is 0 Å². The predicted molar refractivity (Wildman–Crippen MR) is 106 cm³/mol. The van der Waals surface area contributed by atoms with Crippen LogP contribution in [0.1, 0.15) is 23.7 Å². The fourth-order valence-electron chi connectivity index (χ4n) is 3.77. The summed E-state index contributed by atoms with van der Waals surface area (Å²) in [6.45, 7) is 2.83. The number of benzene rings is 1. The summed E-state index contributed by atoms with van der Waals surface area (Å²) in [5.74, 6) is -1.31. The number of likely N-dealkylation sites (tertiary alicyclic amines) is 1. The van der Waals surface area contributed by atoms with Crippen molar-refractivity contribution in [2.24, 2.45) is 11.8 Å². The number of para-hydroxylation sites is 1. The molecule has 6 heteroatoms. The lowest BCUT2D eigenvalue weighted by Gasteiger charge is -2.35. The number of carboxylic acids is 1. The number of rotatable bonds is 3. The van der Waals surface area contributed by atoms with Gasteiger partial charge >= 0.3 is 5.97 Å². The summed E-state index contributed by atoms with van der Waals surface area (Å²) >= 11 is 1.58. The van der Waals surface area contributed by atoms with Crippen LogP contribution in [-0.2, 0) is 4.79 Å². The van der Waals surface area contributed by atoms with Gasteiger partial charge in [-0.15, -0.1) is 11.3 Å². The van der Waals surface area contributed by atoms with Crippen molar-refractivity contribution in [3.8, 4) is 10.6 Å². The molecule has 1 aliphatic heterocycles.